The van der Waals surface area contributed by atoms with Crippen LogP contribution in [0.3, 0.4) is 0 Å². The van der Waals surface area contributed by atoms with Crippen LogP contribution in [0.2, 0.25) is 0 Å². The maximum Gasteiger partial charge on any atom is 0.244 e. The van der Waals surface area contributed by atoms with Gasteiger partial charge in [0.25, 0.3) is 0 Å². The molecule has 0 aliphatic heterocycles. The summed E-state index contributed by atoms with van der Waals surface area (Å²) in [5.41, 5.74) is -0.371. The third-order valence-electron chi connectivity index (χ3n) is 2.43. The summed E-state index contributed by atoms with van der Waals surface area (Å²) in [6.45, 7) is 5.88. The highest BCUT2D eigenvalue weighted by Crippen LogP contribution is 2.20. The van der Waals surface area contributed by atoms with Crippen LogP contribution in [-0.2, 0) is 4.79 Å². The standard InChI is InChI=1S/C14H18N2O2/c1-4-9-18-12-7-5-11(6-8-12)16-13(17)14(2,3)10-15/h5-8H,4,9H2,1-3H3,(H,16,17). The number of rotatable bonds is 5. The highest BCUT2D eigenvalue weighted by atomic mass is 16.5. The number of ether oxygens (including phenoxy) is 1. The van der Waals surface area contributed by atoms with Gasteiger partial charge < -0.3 is 10.1 Å². The first-order valence-electron chi connectivity index (χ1n) is 5.95. The van der Waals surface area contributed by atoms with Crippen molar-refractivity contribution in [2.45, 2.75) is 27.2 Å². The molecule has 0 atom stereocenters. The molecule has 0 aliphatic carbocycles. The normalized spacial score (nSPS) is 10.6. The van der Waals surface area contributed by atoms with Crippen molar-refractivity contribution in [3.05, 3.63) is 24.3 Å². The van der Waals surface area contributed by atoms with Gasteiger partial charge in [-0.05, 0) is 44.5 Å². The number of carbonyl (C=O) groups is 1. The van der Waals surface area contributed by atoms with E-state index in [2.05, 4.69) is 5.32 Å². The molecule has 0 radical (unpaired) electrons. The van der Waals surface area contributed by atoms with E-state index in [1.165, 1.54) is 0 Å². The number of nitriles is 1. The molecule has 4 heteroatoms. The largest absolute Gasteiger partial charge is 0.494 e. The van der Waals surface area contributed by atoms with E-state index in [1.54, 1.807) is 38.1 Å². The molecule has 1 rings (SSSR count). The van der Waals surface area contributed by atoms with Crippen LogP contribution in [0.4, 0.5) is 5.69 Å². The van der Waals surface area contributed by atoms with Crippen molar-refractivity contribution in [1.82, 2.24) is 0 Å². The molecule has 1 amide bonds. The molecule has 0 saturated heterocycles. The highest BCUT2D eigenvalue weighted by molar-refractivity contribution is 5.96. The number of benzene rings is 1. The van der Waals surface area contributed by atoms with Gasteiger partial charge in [-0.2, -0.15) is 5.26 Å². The first-order valence-corrected chi connectivity index (χ1v) is 5.95. The third-order valence-corrected chi connectivity index (χ3v) is 2.43. The molecular weight excluding hydrogens is 228 g/mol. The molecule has 1 aromatic carbocycles. The van der Waals surface area contributed by atoms with Gasteiger partial charge in [-0.25, -0.2) is 0 Å². The lowest BCUT2D eigenvalue weighted by molar-refractivity contribution is -0.121. The molecule has 18 heavy (non-hydrogen) atoms. The lowest BCUT2D eigenvalue weighted by atomic mass is 9.94. The summed E-state index contributed by atoms with van der Waals surface area (Å²) in [7, 11) is 0. The van der Waals surface area contributed by atoms with E-state index in [0.29, 0.717) is 12.3 Å². The second kappa shape index (κ2) is 6.06. The van der Waals surface area contributed by atoms with Crippen LogP contribution in [0.15, 0.2) is 24.3 Å². The van der Waals surface area contributed by atoms with Crippen LogP contribution in [0, 0.1) is 16.7 Å². The van der Waals surface area contributed by atoms with Crippen LogP contribution in [0.5, 0.6) is 5.75 Å². The molecule has 96 valence electrons. The lowest BCUT2D eigenvalue weighted by Gasteiger charge is -2.15. The zero-order valence-corrected chi connectivity index (χ0v) is 11.0. The summed E-state index contributed by atoms with van der Waals surface area (Å²) >= 11 is 0. The molecule has 0 aliphatic rings. The molecule has 4 nitrogen and oxygen atoms in total. The summed E-state index contributed by atoms with van der Waals surface area (Å²) in [6.07, 6.45) is 0.953. The van der Waals surface area contributed by atoms with Gasteiger partial charge in [-0.1, -0.05) is 6.92 Å². The summed E-state index contributed by atoms with van der Waals surface area (Å²) in [5, 5.41) is 11.6. The van der Waals surface area contributed by atoms with Crippen molar-refractivity contribution in [3.8, 4) is 11.8 Å². The molecule has 0 spiro atoms. The maximum atomic E-state index is 11.8. The number of nitrogens with zero attached hydrogens (tertiary/aromatic N) is 1. The third kappa shape index (κ3) is 3.77. The van der Waals surface area contributed by atoms with Gasteiger partial charge in [-0.15, -0.1) is 0 Å². The van der Waals surface area contributed by atoms with E-state index < -0.39 is 5.41 Å². The zero-order valence-electron chi connectivity index (χ0n) is 11.0. The Bertz CT molecular complexity index is 444. The smallest absolute Gasteiger partial charge is 0.244 e. The Kier molecular flexibility index (Phi) is 4.73. The Morgan fingerprint density at radius 2 is 2.00 bits per heavy atom. The van der Waals surface area contributed by atoms with E-state index in [4.69, 9.17) is 10.00 Å². The molecular formula is C14H18N2O2. The number of carbonyl (C=O) groups excluding carboxylic acids is 1. The number of hydrogen-bond donors (Lipinski definition) is 1. The second-order valence-corrected chi connectivity index (χ2v) is 4.56. The van der Waals surface area contributed by atoms with Gasteiger partial charge in [0.05, 0.1) is 12.7 Å². The monoisotopic (exact) mass is 246 g/mol. The van der Waals surface area contributed by atoms with Crippen LogP contribution in [0.25, 0.3) is 0 Å². The Morgan fingerprint density at radius 3 is 2.50 bits per heavy atom. The van der Waals surface area contributed by atoms with E-state index in [-0.39, 0.29) is 5.91 Å². The van der Waals surface area contributed by atoms with Crippen LogP contribution in [0.1, 0.15) is 27.2 Å². The molecule has 1 aromatic rings. The number of nitrogens with one attached hydrogen (secondary N) is 1. The van der Waals surface area contributed by atoms with Gasteiger partial charge in [0.1, 0.15) is 11.2 Å². The molecule has 0 bridgehead atoms. The highest BCUT2D eigenvalue weighted by Gasteiger charge is 2.27. The fraction of sp³-hybridized carbons (Fsp3) is 0.429. The maximum absolute atomic E-state index is 11.8. The Morgan fingerprint density at radius 1 is 1.39 bits per heavy atom. The van der Waals surface area contributed by atoms with Crippen LogP contribution < -0.4 is 10.1 Å². The van der Waals surface area contributed by atoms with Gasteiger partial charge >= 0.3 is 0 Å². The van der Waals surface area contributed by atoms with E-state index in [0.717, 1.165) is 12.2 Å². The Balaban J connectivity index is 2.65. The minimum Gasteiger partial charge on any atom is -0.494 e. The molecule has 0 heterocycles. The van der Waals surface area contributed by atoms with Crippen molar-refractivity contribution in [1.29, 1.82) is 5.26 Å². The molecule has 1 N–H and O–H groups in total. The quantitative estimate of drug-likeness (QED) is 0.868. The number of hydrogen-bond acceptors (Lipinski definition) is 3. The minimum absolute atomic E-state index is 0.313. The van der Waals surface area contributed by atoms with Gasteiger partial charge in [0.15, 0.2) is 0 Å². The van der Waals surface area contributed by atoms with Crippen molar-refractivity contribution in [3.63, 3.8) is 0 Å². The summed E-state index contributed by atoms with van der Waals surface area (Å²) < 4.78 is 5.44. The fourth-order valence-corrected chi connectivity index (χ4v) is 1.19. The Labute approximate surface area is 108 Å². The first-order chi connectivity index (χ1) is 8.49. The summed E-state index contributed by atoms with van der Waals surface area (Å²) in [5.74, 6) is 0.460. The summed E-state index contributed by atoms with van der Waals surface area (Å²) in [4.78, 5) is 11.8. The average molecular weight is 246 g/mol. The van der Waals surface area contributed by atoms with Crippen LogP contribution >= 0.6 is 0 Å². The van der Waals surface area contributed by atoms with Crippen LogP contribution in [-0.4, -0.2) is 12.5 Å². The molecule has 0 aromatic heterocycles. The first kappa shape index (κ1) is 14.0. The molecule has 0 unspecified atom stereocenters. The minimum atomic E-state index is -1.03. The summed E-state index contributed by atoms with van der Waals surface area (Å²) in [6, 6.07) is 9.08. The second-order valence-electron chi connectivity index (χ2n) is 4.56. The van der Waals surface area contributed by atoms with Gasteiger partial charge in [-0.3, -0.25) is 4.79 Å². The average Bonchev–Trinajstić information content (AvgIpc) is 2.37. The van der Waals surface area contributed by atoms with Crippen molar-refractivity contribution >= 4 is 11.6 Å². The van der Waals surface area contributed by atoms with Crippen molar-refractivity contribution in [2.24, 2.45) is 5.41 Å². The SMILES string of the molecule is CCCOc1ccc(NC(=O)C(C)(C)C#N)cc1. The van der Waals surface area contributed by atoms with Gasteiger partial charge in [0, 0.05) is 5.69 Å². The van der Waals surface area contributed by atoms with Gasteiger partial charge in [0.2, 0.25) is 5.91 Å². The predicted octanol–water partition coefficient (Wildman–Crippen LogP) is 2.96. The molecule has 0 fully saturated rings. The number of anilines is 1. The zero-order chi connectivity index (χ0) is 13.6. The van der Waals surface area contributed by atoms with E-state index >= 15 is 0 Å². The number of amides is 1. The van der Waals surface area contributed by atoms with E-state index in [1.807, 2.05) is 13.0 Å². The fourth-order valence-electron chi connectivity index (χ4n) is 1.19. The van der Waals surface area contributed by atoms with Crippen molar-refractivity contribution < 1.29 is 9.53 Å². The Hall–Kier alpha value is -2.02. The molecule has 0 saturated carbocycles. The van der Waals surface area contributed by atoms with E-state index in [9.17, 15) is 4.79 Å². The van der Waals surface area contributed by atoms with Crippen molar-refractivity contribution in [2.75, 3.05) is 11.9 Å². The predicted molar refractivity (Wildman–Crippen MR) is 70.3 cm³/mol. The lowest BCUT2D eigenvalue weighted by Crippen LogP contribution is -2.29. The topological polar surface area (TPSA) is 62.1 Å².